The van der Waals surface area contributed by atoms with Gasteiger partial charge >= 0.3 is 0 Å². The molecule has 2 aliphatic rings. The highest BCUT2D eigenvalue weighted by atomic mass is 19.1. The monoisotopic (exact) mass is 574 g/mol. The van der Waals surface area contributed by atoms with Crippen molar-refractivity contribution in [2.45, 2.75) is 64.4 Å². The van der Waals surface area contributed by atoms with Crippen molar-refractivity contribution < 1.29 is 27.6 Å². The van der Waals surface area contributed by atoms with E-state index in [9.17, 15) is 13.6 Å². The number of hydrogen-bond donors (Lipinski definition) is 1. The van der Waals surface area contributed by atoms with E-state index in [1.807, 2.05) is 12.1 Å². The van der Waals surface area contributed by atoms with Crippen LogP contribution in [0.25, 0.3) is 11.4 Å². The molecule has 3 aromatic rings. The summed E-state index contributed by atoms with van der Waals surface area (Å²) < 4.78 is 39.5. The Hall–Kier alpha value is -3.48. The molecule has 0 radical (unpaired) electrons. The largest absolute Gasteiger partial charge is 0.465 e. The lowest BCUT2D eigenvalue weighted by Gasteiger charge is -2.31. The lowest BCUT2D eigenvalue weighted by atomic mass is 10.1. The van der Waals surface area contributed by atoms with Gasteiger partial charge in [0.25, 0.3) is 12.4 Å². The molecule has 10 nitrogen and oxygen atoms in total. The number of carbonyl (C=O) groups is 1. The van der Waals surface area contributed by atoms with E-state index in [1.165, 1.54) is 0 Å². The van der Waals surface area contributed by atoms with Crippen LogP contribution in [0.3, 0.4) is 0 Å². The predicted molar refractivity (Wildman–Crippen MR) is 151 cm³/mol. The number of carbonyl (C=O) groups excluding carboxylic acids is 1. The molecule has 12 heteroatoms. The van der Waals surface area contributed by atoms with Crippen LogP contribution in [0.1, 0.15) is 45.4 Å². The van der Waals surface area contributed by atoms with E-state index in [4.69, 9.17) is 15.0 Å². The number of rotatable bonds is 7. The number of ether oxygens (including phenoxy) is 2. The summed E-state index contributed by atoms with van der Waals surface area (Å²) >= 11 is 0. The molecule has 2 N–H and O–H groups in total. The van der Waals surface area contributed by atoms with E-state index in [0.29, 0.717) is 24.8 Å². The molecule has 1 atom stereocenters. The maximum Gasteiger partial charge on any atom is 0.293 e. The first-order valence-corrected chi connectivity index (χ1v) is 13.8. The minimum atomic E-state index is -0.411. The first kappa shape index (κ1) is 32.0. The number of likely N-dealkylation sites (tertiary alicyclic amines) is 1. The van der Waals surface area contributed by atoms with Crippen molar-refractivity contribution >= 4 is 12.3 Å². The van der Waals surface area contributed by atoms with E-state index in [-0.39, 0.29) is 18.2 Å². The van der Waals surface area contributed by atoms with E-state index in [0.717, 1.165) is 87.5 Å². The van der Waals surface area contributed by atoms with Crippen molar-refractivity contribution in [3.05, 3.63) is 60.1 Å². The summed E-state index contributed by atoms with van der Waals surface area (Å²) in [7, 11) is 2.14. The van der Waals surface area contributed by atoms with Gasteiger partial charge in [-0.1, -0.05) is 5.16 Å². The molecule has 5 rings (SSSR count). The second-order valence-electron chi connectivity index (χ2n) is 10.3. The molecule has 0 bridgehead atoms. The SMILES string of the molecule is CC(C)OC=O.CN1CCC(OCc2nc(-c3ccc(N4CCCC(N)C4)nc3)no2)CC1.Fc1ccc(F)cc1. The summed E-state index contributed by atoms with van der Waals surface area (Å²) in [5.41, 5.74) is 6.90. The molecule has 2 fully saturated rings. The Morgan fingerprint density at radius 2 is 1.76 bits per heavy atom. The quantitative estimate of drug-likeness (QED) is 0.411. The van der Waals surface area contributed by atoms with Gasteiger partial charge in [0.1, 0.15) is 24.1 Å². The van der Waals surface area contributed by atoms with Crippen LogP contribution in [-0.4, -0.2) is 78.0 Å². The summed E-state index contributed by atoms with van der Waals surface area (Å²) in [6, 6.07) is 8.52. The van der Waals surface area contributed by atoms with Crippen molar-refractivity contribution in [3.63, 3.8) is 0 Å². The van der Waals surface area contributed by atoms with Crippen molar-refractivity contribution in [2.75, 3.05) is 38.1 Å². The average molecular weight is 575 g/mol. The van der Waals surface area contributed by atoms with Gasteiger partial charge in [0.05, 0.1) is 12.2 Å². The van der Waals surface area contributed by atoms with Gasteiger partial charge < -0.3 is 29.5 Å². The van der Waals surface area contributed by atoms with Gasteiger partial charge in [0.2, 0.25) is 5.82 Å². The van der Waals surface area contributed by atoms with Crippen LogP contribution in [0, 0.1) is 11.6 Å². The number of anilines is 1. The zero-order valence-corrected chi connectivity index (χ0v) is 23.9. The summed E-state index contributed by atoms with van der Waals surface area (Å²) in [6.45, 7) is 8.40. The van der Waals surface area contributed by atoms with Gasteiger partial charge in [-0.05, 0) is 83.0 Å². The fourth-order valence-electron chi connectivity index (χ4n) is 4.24. The zero-order valence-electron chi connectivity index (χ0n) is 23.9. The number of benzene rings is 1. The van der Waals surface area contributed by atoms with Crippen molar-refractivity contribution in [1.82, 2.24) is 20.0 Å². The molecule has 2 saturated heterocycles. The van der Waals surface area contributed by atoms with Crippen LogP contribution < -0.4 is 10.6 Å². The molecule has 4 heterocycles. The van der Waals surface area contributed by atoms with E-state index < -0.39 is 11.6 Å². The van der Waals surface area contributed by atoms with Crippen LogP contribution in [0.15, 0.2) is 47.1 Å². The second-order valence-corrected chi connectivity index (χ2v) is 10.3. The van der Waals surface area contributed by atoms with Crippen molar-refractivity contribution in [3.8, 4) is 11.4 Å². The molecule has 2 aromatic heterocycles. The number of aromatic nitrogens is 3. The van der Waals surface area contributed by atoms with Gasteiger partial charge in [0.15, 0.2) is 0 Å². The summed E-state index contributed by atoms with van der Waals surface area (Å²) in [5.74, 6) is 1.18. The fourth-order valence-corrected chi connectivity index (χ4v) is 4.24. The first-order valence-electron chi connectivity index (χ1n) is 13.8. The van der Waals surface area contributed by atoms with Gasteiger partial charge in [0, 0.05) is 44.0 Å². The molecule has 0 amide bonds. The third-order valence-corrected chi connectivity index (χ3v) is 6.50. The molecule has 1 aromatic carbocycles. The number of piperidine rings is 2. The summed E-state index contributed by atoms with van der Waals surface area (Å²) in [5, 5.41) is 4.07. The Morgan fingerprint density at radius 1 is 1.07 bits per heavy atom. The highest BCUT2D eigenvalue weighted by Crippen LogP contribution is 2.22. The van der Waals surface area contributed by atoms with Gasteiger partial charge in [-0.3, -0.25) is 4.79 Å². The third-order valence-electron chi connectivity index (χ3n) is 6.50. The average Bonchev–Trinajstić information content (AvgIpc) is 3.44. The van der Waals surface area contributed by atoms with Gasteiger partial charge in [-0.2, -0.15) is 4.98 Å². The van der Waals surface area contributed by atoms with Crippen molar-refractivity contribution in [1.29, 1.82) is 0 Å². The van der Waals surface area contributed by atoms with E-state index in [1.54, 1.807) is 20.0 Å². The minimum absolute atomic E-state index is 0.0301. The molecule has 41 heavy (non-hydrogen) atoms. The molecule has 224 valence electrons. The van der Waals surface area contributed by atoms with Crippen LogP contribution in [0.5, 0.6) is 0 Å². The molecular formula is C29H40F2N6O4. The van der Waals surface area contributed by atoms with Crippen LogP contribution in [0.2, 0.25) is 0 Å². The third kappa shape index (κ3) is 11.5. The van der Waals surface area contributed by atoms with Crippen LogP contribution >= 0.6 is 0 Å². The Balaban J connectivity index is 0.000000272. The molecule has 0 saturated carbocycles. The van der Waals surface area contributed by atoms with Crippen LogP contribution in [-0.2, 0) is 20.9 Å². The topological polar surface area (TPSA) is 120 Å². The smallest absolute Gasteiger partial charge is 0.293 e. The van der Waals surface area contributed by atoms with Crippen LogP contribution in [0.4, 0.5) is 14.6 Å². The normalized spacial score (nSPS) is 17.7. The zero-order chi connectivity index (χ0) is 29.6. The first-order chi connectivity index (χ1) is 19.7. The molecule has 2 aliphatic heterocycles. The Labute approximate surface area is 239 Å². The second kappa shape index (κ2) is 16.7. The molecule has 0 aliphatic carbocycles. The standard InChI is InChI=1S/C19H28N6O2.C6H4F2.C4H8O2/c1-24-9-6-16(7-10-24)26-13-18-22-19(23-27-18)14-4-5-17(21-11-14)25-8-2-3-15(20)12-25;7-5-1-2-6(8)4-3-5;1-4(2)6-3-5/h4-5,11,15-16H,2-3,6-10,12-13,20H2,1H3;1-4H;3-4H,1-2H3. The fraction of sp³-hybridized carbons (Fsp3) is 0.517. The van der Waals surface area contributed by atoms with E-state index in [2.05, 4.69) is 36.7 Å². The molecule has 1 unspecified atom stereocenters. The van der Waals surface area contributed by atoms with Gasteiger partial charge in [-0.25, -0.2) is 13.8 Å². The number of nitrogens with zero attached hydrogens (tertiary/aromatic N) is 5. The minimum Gasteiger partial charge on any atom is -0.465 e. The summed E-state index contributed by atoms with van der Waals surface area (Å²) in [6.07, 6.45) is 6.38. The Kier molecular flexibility index (Phi) is 13.1. The maximum atomic E-state index is 11.9. The number of pyridine rings is 1. The molecular weight excluding hydrogens is 534 g/mol. The number of hydrogen-bond acceptors (Lipinski definition) is 10. The predicted octanol–water partition coefficient (Wildman–Crippen LogP) is 4.20. The highest BCUT2D eigenvalue weighted by Gasteiger charge is 2.20. The lowest BCUT2D eigenvalue weighted by Crippen LogP contribution is -2.43. The number of nitrogens with two attached hydrogens (primary N) is 1. The Morgan fingerprint density at radius 3 is 2.29 bits per heavy atom. The van der Waals surface area contributed by atoms with Crippen molar-refractivity contribution in [2.24, 2.45) is 5.73 Å². The summed E-state index contributed by atoms with van der Waals surface area (Å²) in [4.78, 5) is 23.0. The maximum absolute atomic E-state index is 11.9. The molecule has 0 spiro atoms. The lowest BCUT2D eigenvalue weighted by molar-refractivity contribution is -0.131. The Bertz CT molecular complexity index is 1130. The van der Waals surface area contributed by atoms with Gasteiger partial charge in [-0.15, -0.1) is 0 Å². The number of halogens is 2. The highest BCUT2D eigenvalue weighted by molar-refractivity contribution is 5.56. The van der Waals surface area contributed by atoms with E-state index >= 15 is 0 Å².